The summed E-state index contributed by atoms with van der Waals surface area (Å²) in [5.41, 5.74) is 1.53. The van der Waals surface area contributed by atoms with Crippen molar-refractivity contribution in [3.63, 3.8) is 0 Å². The summed E-state index contributed by atoms with van der Waals surface area (Å²) in [6.07, 6.45) is -0.0584. The van der Waals surface area contributed by atoms with Gasteiger partial charge in [-0.05, 0) is 19.2 Å². The standard InChI is InChI=1S/C12H15ClN2O2/c1-14-6-11(16)12(17)9-5-15-10-4-7(13)2-3-8(9)10/h2-5,11-12,14-17H,6H2,1H3. The number of H-pyrrole nitrogens is 1. The molecule has 0 fully saturated rings. The van der Waals surface area contributed by atoms with Gasteiger partial charge in [-0.1, -0.05) is 17.7 Å². The summed E-state index contributed by atoms with van der Waals surface area (Å²) in [5.74, 6) is 0. The lowest BCUT2D eigenvalue weighted by Crippen LogP contribution is -2.29. The normalized spacial score (nSPS) is 15.1. The van der Waals surface area contributed by atoms with Gasteiger partial charge in [0.15, 0.2) is 0 Å². The van der Waals surface area contributed by atoms with Crippen LogP contribution in [0.25, 0.3) is 10.9 Å². The summed E-state index contributed by atoms with van der Waals surface area (Å²) in [6, 6.07) is 5.38. The fraction of sp³-hybridized carbons (Fsp3) is 0.333. The Hall–Kier alpha value is -1.07. The van der Waals surface area contributed by atoms with Crippen molar-refractivity contribution in [3.8, 4) is 0 Å². The smallest absolute Gasteiger partial charge is 0.108 e. The average molecular weight is 255 g/mol. The van der Waals surface area contributed by atoms with Gasteiger partial charge in [0, 0.05) is 34.2 Å². The SMILES string of the molecule is CNCC(O)C(O)c1c[nH]c2cc(Cl)ccc12. The molecule has 2 rings (SSSR count). The number of benzene rings is 1. The topological polar surface area (TPSA) is 68.3 Å². The van der Waals surface area contributed by atoms with E-state index in [1.165, 1.54) is 0 Å². The lowest BCUT2D eigenvalue weighted by atomic mass is 10.0. The number of halogens is 1. The van der Waals surface area contributed by atoms with Gasteiger partial charge in [0.25, 0.3) is 0 Å². The van der Waals surface area contributed by atoms with Crippen molar-refractivity contribution in [2.75, 3.05) is 13.6 Å². The highest BCUT2D eigenvalue weighted by Gasteiger charge is 2.20. The molecule has 0 spiro atoms. The van der Waals surface area contributed by atoms with Crippen molar-refractivity contribution >= 4 is 22.5 Å². The first-order valence-electron chi connectivity index (χ1n) is 5.40. The predicted molar refractivity (Wildman–Crippen MR) is 68.2 cm³/mol. The van der Waals surface area contributed by atoms with Crippen LogP contribution in [0.2, 0.25) is 5.02 Å². The van der Waals surface area contributed by atoms with E-state index in [0.717, 1.165) is 10.9 Å². The molecule has 2 atom stereocenters. The third kappa shape index (κ3) is 2.45. The summed E-state index contributed by atoms with van der Waals surface area (Å²) in [5, 5.41) is 24.1. The zero-order valence-electron chi connectivity index (χ0n) is 9.44. The fourth-order valence-electron chi connectivity index (χ4n) is 1.89. The zero-order valence-corrected chi connectivity index (χ0v) is 10.2. The Morgan fingerprint density at radius 2 is 2.18 bits per heavy atom. The second-order valence-corrected chi connectivity index (χ2v) is 4.44. The number of likely N-dealkylation sites (N-methyl/N-ethyl adjacent to an activating group) is 1. The number of aliphatic hydroxyl groups is 2. The molecule has 0 aliphatic heterocycles. The van der Waals surface area contributed by atoms with Crippen molar-refractivity contribution in [1.82, 2.24) is 10.3 Å². The molecule has 0 aliphatic carbocycles. The fourth-order valence-corrected chi connectivity index (χ4v) is 2.07. The number of hydrogen-bond acceptors (Lipinski definition) is 3. The number of hydrogen-bond donors (Lipinski definition) is 4. The van der Waals surface area contributed by atoms with E-state index in [0.29, 0.717) is 17.1 Å². The first-order chi connectivity index (χ1) is 8.13. The van der Waals surface area contributed by atoms with Crippen LogP contribution < -0.4 is 5.32 Å². The van der Waals surface area contributed by atoms with E-state index >= 15 is 0 Å². The Kier molecular flexibility index (Phi) is 3.69. The van der Waals surface area contributed by atoms with Crippen LogP contribution in [0.1, 0.15) is 11.7 Å². The molecule has 0 bridgehead atoms. The van der Waals surface area contributed by atoms with Gasteiger partial charge in [-0.2, -0.15) is 0 Å². The first kappa shape index (κ1) is 12.4. The van der Waals surface area contributed by atoms with Gasteiger partial charge < -0.3 is 20.5 Å². The first-order valence-corrected chi connectivity index (χ1v) is 5.78. The van der Waals surface area contributed by atoms with Crippen LogP contribution in [0.4, 0.5) is 0 Å². The zero-order chi connectivity index (χ0) is 12.4. The number of aromatic amines is 1. The van der Waals surface area contributed by atoms with Crippen molar-refractivity contribution in [1.29, 1.82) is 0 Å². The molecule has 0 amide bonds. The molecule has 1 heterocycles. The van der Waals surface area contributed by atoms with E-state index in [2.05, 4.69) is 10.3 Å². The minimum absolute atomic E-state index is 0.335. The molecule has 1 aromatic heterocycles. The van der Waals surface area contributed by atoms with Crippen molar-refractivity contribution in [2.45, 2.75) is 12.2 Å². The molecular weight excluding hydrogens is 240 g/mol. The highest BCUT2D eigenvalue weighted by atomic mass is 35.5. The average Bonchev–Trinajstić information content (AvgIpc) is 2.71. The molecule has 0 aliphatic rings. The van der Waals surface area contributed by atoms with Crippen LogP contribution in [0.5, 0.6) is 0 Å². The molecule has 0 radical (unpaired) electrons. The molecule has 0 saturated heterocycles. The second-order valence-electron chi connectivity index (χ2n) is 4.00. The molecule has 5 heteroatoms. The Morgan fingerprint density at radius 1 is 1.41 bits per heavy atom. The number of aromatic nitrogens is 1. The summed E-state index contributed by atoms with van der Waals surface area (Å²) >= 11 is 5.88. The molecule has 92 valence electrons. The minimum Gasteiger partial charge on any atom is -0.389 e. The van der Waals surface area contributed by atoms with E-state index in [-0.39, 0.29) is 0 Å². The van der Waals surface area contributed by atoms with E-state index in [4.69, 9.17) is 11.6 Å². The number of fused-ring (bicyclic) bond motifs is 1. The monoisotopic (exact) mass is 254 g/mol. The molecule has 2 unspecified atom stereocenters. The van der Waals surface area contributed by atoms with Crippen molar-refractivity contribution in [3.05, 3.63) is 35.0 Å². The molecule has 1 aromatic carbocycles. The lowest BCUT2D eigenvalue weighted by Gasteiger charge is -2.16. The second kappa shape index (κ2) is 5.06. The minimum atomic E-state index is -0.919. The van der Waals surface area contributed by atoms with E-state index in [1.54, 1.807) is 25.4 Å². The van der Waals surface area contributed by atoms with Gasteiger partial charge in [-0.3, -0.25) is 0 Å². The number of aliphatic hydroxyl groups excluding tert-OH is 2. The maximum atomic E-state index is 10.0. The van der Waals surface area contributed by atoms with E-state index < -0.39 is 12.2 Å². The van der Waals surface area contributed by atoms with Gasteiger partial charge in [0.05, 0.1) is 6.10 Å². The van der Waals surface area contributed by atoms with Crippen LogP contribution in [-0.4, -0.2) is 34.9 Å². The van der Waals surface area contributed by atoms with Gasteiger partial charge in [-0.15, -0.1) is 0 Å². The van der Waals surface area contributed by atoms with Crippen molar-refractivity contribution in [2.24, 2.45) is 0 Å². The van der Waals surface area contributed by atoms with E-state index in [1.807, 2.05) is 6.07 Å². The Bertz CT molecular complexity index is 512. The van der Waals surface area contributed by atoms with Gasteiger partial charge in [-0.25, -0.2) is 0 Å². The molecule has 4 nitrogen and oxygen atoms in total. The Labute approximate surface area is 104 Å². The number of rotatable bonds is 4. The van der Waals surface area contributed by atoms with Crippen LogP contribution in [0.3, 0.4) is 0 Å². The molecule has 17 heavy (non-hydrogen) atoms. The summed E-state index contributed by atoms with van der Waals surface area (Å²) in [6.45, 7) is 0.335. The van der Waals surface area contributed by atoms with Gasteiger partial charge >= 0.3 is 0 Å². The molecular formula is C12H15ClN2O2. The Balaban J connectivity index is 2.35. The quantitative estimate of drug-likeness (QED) is 0.667. The number of nitrogens with one attached hydrogen (secondary N) is 2. The van der Waals surface area contributed by atoms with Crippen LogP contribution in [-0.2, 0) is 0 Å². The van der Waals surface area contributed by atoms with Crippen molar-refractivity contribution < 1.29 is 10.2 Å². The Morgan fingerprint density at radius 3 is 2.88 bits per heavy atom. The van der Waals surface area contributed by atoms with Crippen LogP contribution in [0.15, 0.2) is 24.4 Å². The molecule has 2 aromatic rings. The van der Waals surface area contributed by atoms with Crippen LogP contribution in [0, 0.1) is 0 Å². The maximum absolute atomic E-state index is 10.0. The maximum Gasteiger partial charge on any atom is 0.108 e. The largest absolute Gasteiger partial charge is 0.389 e. The van der Waals surface area contributed by atoms with Gasteiger partial charge in [0.1, 0.15) is 6.10 Å². The highest BCUT2D eigenvalue weighted by molar-refractivity contribution is 6.31. The highest BCUT2D eigenvalue weighted by Crippen LogP contribution is 2.27. The lowest BCUT2D eigenvalue weighted by molar-refractivity contribution is 0.0211. The summed E-state index contributed by atoms with van der Waals surface area (Å²) < 4.78 is 0. The third-order valence-corrected chi connectivity index (χ3v) is 3.01. The predicted octanol–water partition coefficient (Wildman–Crippen LogP) is 1.43. The van der Waals surface area contributed by atoms with Gasteiger partial charge in [0.2, 0.25) is 0 Å². The van der Waals surface area contributed by atoms with E-state index in [9.17, 15) is 10.2 Å². The summed E-state index contributed by atoms with van der Waals surface area (Å²) in [4.78, 5) is 3.03. The molecule has 4 N–H and O–H groups in total. The third-order valence-electron chi connectivity index (χ3n) is 2.77. The summed E-state index contributed by atoms with van der Waals surface area (Å²) in [7, 11) is 1.73. The van der Waals surface area contributed by atoms with Crippen LogP contribution >= 0.6 is 11.6 Å². The molecule has 0 saturated carbocycles.